The standard InChI is InChI=1S/Al.Co.Li.3O/q+3;;+1;;2*-2. The van der Waals surface area contributed by atoms with Crippen molar-refractivity contribution < 1.29 is 49.3 Å². The zero-order chi connectivity index (χ0) is 2.00. The first-order valence-electron chi connectivity index (χ1n) is 0.136. The molecule has 0 unspecified atom stereocenters. The van der Waals surface area contributed by atoms with E-state index in [0.717, 1.165) is 0 Å². The van der Waals surface area contributed by atoms with Crippen molar-refractivity contribution in [3.05, 3.63) is 0 Å². The Labute approximate surface area is 66.6 Å². The van der Waals surface area contributed by atoms with Crippen LogP contribution in [0.15, 0.2) is 0 Å². The Hall–Kier alpha value is 1.36. The van der Waals surface area contributed by atoms with Crippen LogP contribution in [0, 0.1) is 0 Å². The van der Waals surface area contributed by atoms with E-state index in [-0.39, 0.29) is 47.2 Å². The SMILES string of the molecule is [Al+3].[Li+].[O-2].[O-2].[O]=[Co]. The summed E-state index contributed by atoms with van der Waals surface area (Å²) < 4.78 is 7.94. The number of hydrogen-bond acceptors (Lipinski definition) is 1. The Morgan fingerprint density at radius 2 is 1.00 bits per heavy atom. The fraction of sp³-hybridized carbons (Fsp3) is 0. The molecule has 0 amide bonds. The Bertz CT molecular complexity index is 10.8. The molecule has 0 atom stereocenters. The average molecular weight is 141 g/mol. The molecule has 0 radical (unpaired) electrons. The molecular formula is AlCoLiO3. The molecule has 0 heterocycles. The summed E-state index contributed by atoms with van der Waals surface area (Å²) in [6.07, 6.45) is 0. The topological polar surface area (TPSA) is 74.1 Å². The molecule has 0 aliphatic heterocycles. The molecule has 0 aliphatic carbocycles. The van der Waals surface area contributed by atoms with Gasteiger partial charge in [-0.05, 0) is 0 Å². The first-order chi connectivity index (χ1) is 1.00. The second-order valence-corrected chi connectivity index (χ2v) is 0. The van der Waals surface area contributed by atoms with Crippen LogP contribution >= 0.6 is 0 Å². The van der Waals surface area contributed by atoms with Crippen LogP contribution in [0.5, 0.6) is 0 Å². The second kappa shape index (κ2) is 99.1. The molecular weight excluding hydrogens is 141 g/mol. The van der Waals surface area contributed by atoms with E-state index in [9.17, 15) is 0 Å². The summed E-state index contributed by atoms with van der Waals surface area (Å²) in [4.78, 5) is 0. The molecule has 0 saturated heterocycles. The van der Waals surface area contributed by atoms with Crippen molar-refractivity contribution in [2.24, 2.45) is 0 Å². The quantitative estimate of drug-likeness (QED) is 0.319. The maximum atomic E-state index is 7.94. The van der Waals surface area contributed by atoms with Gasteiger partial charge >= 0.3 is 55.8 Å². The Morgan fingerprint density at radius 3 is 1.00 bits per heavy atom. The summed E-state index contributed by atoms with van der Waals surface area (Å²) in [6, 6.07) is 0. The van der Waals surface area contributed by atoms with Gasteiger partial charge in [0.2, 0.25) is 0 Å². The van der Waals surface area contributed by atoms with E-state index in [0.29, 0.717) is 0 Å². The molecule has 3 nitrogen and oxygen atoms in total. The summed E-state index contributed by atoms with van der Waals surface area (Å²) >= 11 is 2.31. The molecule has 0 N–H and O–H groups in total. The van der Waals surface area contributed by atoms with E-state index < -0.39 is 0 Å². The molecule has 0 spiro atoms. The van der Waals surface area contributed by atoms with E-state index in [4.69, 9.17) is 3.87 Å². The zero-order valence-corrected chi connectivity index (χ0v) is 5.33. The monoisotopic (exact) mass is 141 g/mol. The Kier molecular flexibility index (Phi) is 884. The molecule has 0 aliphatic rings. The van der Waals surface area contributed by atoms with Gasteiger partial charge in [0.1, 0.15) is 0 Å². The van der Waals surface area contributed by atoms with Gasteiger partial charge in [-0.25, -0.2) is 0 Å². The minimum atomic E-state index is 0. The molecule has 0 saturated carbocycles. The van der Waals surface area contributed by atoms with Gasteiger partial charge in [0, 0.05) is 0 Å². The van der Waals surface area contributed by atoms with Crippen molar-refractivity contribution in [3.8, 4) is 0 Å². The van der Waals surface area contributed by atoms with Crippen LogP contribution in [-0.2, 0) is 30.5 Å². The molecule has 0 aromatic carbocycles. The van der Waals surface area contributed by atoms with Crippen molar-refractivity contribution in [1.29, 1.82) is 0 Å². The third-order valence-corrected chi connectivity index (χ3v) is 0. The van der Waals surface area contributed by atoms with E-state index in [2.05, 4.69) is 15.7 Å². The van der Waals surface area contributed by atoms with Gasteiger partial charge in [-0.1, -0.05) is 0 Å². The average Bonchev–Trinajstić information content (AvgIpc) is 1.00. The minimum absolute atomic E-state index is 0. The second-order valence-electron chi connectivity index (χ2n) is 0. The van der Waals surface area contributed by atoms with E-state index in [1.165, 1.54) is 0 Å². The molecule has 0 bridgehead atoms. The van der Waals surface area contributed by atoms with Gasteiger partial charge in [-0.15, -0.1) is 0 Å². The first-order valence-corrected chi connectivity index (χ1v) is 0.561. The van der Waals surface area contributed by atoms with Crippen LogP contribution in [0.3, 0.4) is 0 Å². The Balaban J connectivity index is -0.000000000833. The fourth-order valence-electron chi connectivity index (χ4n) is 0. The predicted octanol–water partition coefficient (Wildman–Crippen LogP) is -3.74. The number of hydrogen-bond donors (Lipinski definition) is 0. The third-order valence-electron chi connectivity index (χ3n) is 0. The van der Waals surface area contributed by atoms with E-state index in [1.807, 2.05) is 0 Å². The van der Waals surface area contributed by atoms with E-state index in [1.54, 1.807) is 0 Å². The molecule has 6 heteroatoms. The summed E-state index contributed by atoms with van der Waals surface area (Å²) in [5, 5.41) is 0. The zero-order valence-electron chi connectivity index (χ0n) is 3.14. The molecule has 0 aromatic rings. The summed E-state index contributed by atoms with van der Waals surface area (Å²) in [7, 11) is 0. The van der Waals surface area contributed by atoms with Crippen LogP contribution in [0.4, 0.5) is 0 Å². The maximum absolute atomic E-state index is 7.94. The summed E-state index contributed by atoms with van der Waals surface area (Å²) in [6.45, 7) is 0. The van der Waals surface area contributed by atoms with Crippen LogP contribution in [0.1, 0.15) is 0 Å². The predicted molar refractivity (Wildman–Crippen MR) is 7.81 cm³/mol. The third kappa shape index (κ3) is 55.3. The van der Waals surface area contributed by atoms with Gasteiger partial charge in [-0.3, -0.25) is 0 Å². The van der Waals surface area contributed by atoms with E-state index >= 15 is 0 Å². The molecule has 0 rings (SSSR count). The van der Waals surface area contributed by atoms with Gasteiger partial charge in [-0.2, -0.15) is 0 Å². The van der Waals surface area contributed by atoms with Crippen molar-refractivity contribution in [2.75, 3.05) is 0 Å². The number of rotatable bonds is 0. The van der Waals surface area contributed by atoms with Crippen LogP contribution in [0.2, 0.25) is 0 Å². The summed E-state index contributed by atoms with van der Waals surface area (Å²) in [5.74, 6) is 0. The molecule has 0 aromatic heterocycles. The van der Waals surface area contributed by atoms with Crippen LogP contribution < -0.4 is 18.9 Å². The summed E-state index contributed by atoms with van der Waals surface area (Å²) in [5.41, 5.74) is 0. The molecule has 31 valence electrons. The Morgan fingerprint density at radius 1 is 1.00 bits per heavy atom. The fourth-order valence-corrected chi connectivity index (χ4v) is 0. The first kappa shape index (κ1) is 53.5. The van der Waals surface area contributed by atoms with Crippen LogP contribution in [-0.4, -0.2) is 17.4 Å². The van der Waals surface area contributed by atoms with Gasteiger partial charge < -0.3 is 11.0 Å². The molecule has 0 fully saturated rings. The van der Waals surface area contributed by atoms with Gasteiger partial charge in [0.15, 0.2) is 0 Å². The van der Waals surface area contributed by atoms with Crippen molar-refractivity contribution in [1.82, 2.24) is 0 Å². The molecule has 6 heavy (non-hydrogen) atoms. The van der Waals surface area contributed by atoms with Gasteiger partial charge in [0.25, 0.3) is 0 Å². The van der Waals surface area contributed by atoms with Crippen molar-refractivity contribution in [2.45, 2.75) is 0 Å². The van der Waals surface area contributed by atoms with Crippen molar-refractivity contribution in [3.63, 3.8) is 0 Å². The van der Waals surface area contributed by atoms with Crippen molar-refractivity contribution >= 4 is 17.4 Å². The van der Waals surface area contributed by atoms with Crippen LogP contribution in [0.25, 0.3) is 0 Å². The van der Waals surface area contributed by atoms with Gasteiger partial charge in [0.05, 0.1) is 0 Å². The normalized spacial score (nSPS) is 0.833.